The van der Waals surface area contributed by atoms with Crippen LogP contribution in [0.15, 0.2) is 9.08 Å². The summed E-state index contributed by atoms with van der Waals surface area (Å²) in [4.78, 5) is 14.8. The number of amides is 1. The Hall–Kier alpha value is -0.400. The molecule has 2 N–H and O–H groups in total. The van der Waals surface area contributed by atoms with Gasteiger partial charge in [-0.25, -0.2) is 0 Å². The SMILES string of the molecule is CCCCCN(CCCCC)CC(C)NC(=O)c1n[nH]c(Br)c1Br. The molecule has 1 aromatic rings. The molecular formula is C17H30Br2N4O. The van der Waals surface area contributed by atoms with Crippen molar-refractivity contribution < 1.29 is 4.79 Å². The number of hydrogen-bond acceptors (Lipinski definition) is 3. The van der Waals surface area contributed by atoms with E-state index in [2.05, 4.69) is 73.0 Å². The van der Waals surface area contributed by atoms with Gasteiger partial charge in [-0.1, -0.05) is 39.5 Å². The first-order valence-corrected chi connectivity index (χ1v) is 10.5. The minimum Gasteiger partial charge on any atom is -0.347 e. The maximum Gasteiger partial charge on any atom is 0.273 e. The monoisotopic (exact) mass is 464 g/mol. The Bertz CT molecular complexity index is 483. The number of aromatic nitrogens is 2. The zero-order chi connectivity index (χ0) is 17.9. The first-order chi connectivity index (χ1) is 11.5. The van der Waals surface area contributed by atoms with Crippen molar-refractivity contribution in [2.24, 2.45) is 0 Å². The minimum atomic E-state index is -0.154. The van der Waals surface area contributed by atoms with Gasteiger partial charge in [-0.15, -0.1) is 0 Å². The number of halogens is 2. The summed E-state index contributed by atoms with van der Waals surface area (Å²) in [5, 5.41) is 9.82. The fraction of sp³-hybridized carbons (Fsp3) is 0.765. The van der Waals surface area contributed by atoms with Crippen LogP contribution in [-0.2, 0) is 0 Å². The summed E-state index contributed by atoms with van der Waals surface area (Å²) in [6.45, 7) is 9.60. The number of carbonyl (C=O) groups is 1. The number of H-pyrrole nitrogens is 1. The lowest BCUT2D eigenvalue weighted by Crippen LogP contribution is -2.42. The van der Waals surface area contributed by atoms with E-state index in [9.17, 15) is 4.79 Å². The first-order valence-electron chi connectivity index (χ1n) is 8.92. The Morgan fingerprint density at radius 1 is 1.17 bits per heavy atom. The fourth-order valence-corrected chi connectivity index (χ4v) is 3.28. The third-order valence-electron chi connectivity index (χ3n) is 3.95. The Kier molecular flexibility index (Phi) is 10.9. The Balaban J connectivity index is 2.50. The van der Waals surface area contributed by atoms with Crippen LogP contribution in [0, 0.1) is 0 Å². The molecule has 0 saturated heterocycles. The van der Waals surface area contributed by atoms with Crippen molar-refractivity contribution in [1.82, 2.24) is 20.4 Å². The largest absolute Gasteiger partial charge is 0.347 e. The predicted octanol–water partition coefficient (Wildman–Crippen LogP) is 4.74. The van der Waals surface area contributed by atoms with Gasteiger partial charge in [-0.05, 0) is 64.7 Å². The summed E-state index contributed by atoms with van der Waals surface area (Å²) in [6.07, 6.45) is 7.44. The van der Waals surface area contributed by atoms with Crippen LogP contribution in [0.5, 0.6) is 0 Å². The lowest BCUT2D eigenvalue weighted by atomic mass is 10.2. The smallest absolute Gasteiger partial charge is 0.273 e. The van der Waals surface area contributed by atoms with Crippen molar-refractivity contribution in [2.45, 2.75) is 65.3 Å². The van der Waals surface area contributed by atoms with Crippen molar-refractivity contribution in [2.75, 3.05) is 19.6 Å². The van der Waals surface area contributed by atoms with Crippen LogP contribution in [0.4, 0.5) is 0 Å². The molecular weight excluding hydrogens is 436 g/mol. The van der Waals surface area contributed by atoms with E-state index in [1.807, 2.05) is 0 Å². The average molecular weight is 466 g/mol. The van der Waals surface area contributed by atoms with Crippen LogP contribution in [0.3, 0.4) is 0 Å². The maximum absolute atomic E-state index is 12.3. The number of nitrogens with zero attached hydrogens (tertiary/aromatic N) is 2. The van der Waals surface area contributed by atoms with E-state index >= 15 is 0 Å². The third-order valence-corrected chi connectivity index (χ3v) is 5.82. The molecule has 24 heavy (non-hydrogen) atoms. The highest BCUT2D eigenvalue weighted by Gasteiger charge is 2.19. The highest BCUT2D eigenvalue weighted by molar-refractivity contribution is 9.13. The van der Waals surface area contributed by atoms with E-state index in [1.54, 1.807) is 0 Å². The predicted molar refractivity (Wildman–Crippen MR) is 106 cm³/mol. The topological polar surface area (TPSA) is 61.0 Å². The van der Waals surface area contributed by atoms with E-state index in [4.69, 9.17) is 0 Å². The van der Waals surface area contributed by atoms with Crippen molar-refractivity contribution >= 4 is 37.8 Å². The number of carbonyl (C=O) groups excluding carboxylic acids is 1. The molecule has 1 atom stereocenters. The van der Waals surface area contributed by atoms with Gasteiger partial charge in [0.25, 0.3) is 5.91 Å². The van der Waals surface area contributed by atoms with Crippen molar-refractivity contribution in [3.63, 3.8) is 0 Å². The number of nitrogens with one attached hydrogen (secondary N) is 2. The molecule has 1 rings (SSSR count). The summed E-state index contributed by atoms with van der Waals surface area (Å²) in [5.74, 6) is -0.154. The quantitative estimate of drug-likeness (QED) is 0.438. The van der Waals surface area contributed by atoms with Gasteiger partial charge in [0, 0.05) is 12.6 Å². The molecule has 0 aliphatic heterocycles. The van der Waals surface area contributed by atoms with Gasteiger partial charge < -0.3 is 10.2 Å². The summed E-state index contributed by atoms with van der Waals surface area (Å²) < 4.78 is 1.34. The van der Waals surface area contributed by atoms with Crippen molar-refractivity contribution in [1.29, 1.82) is 0 Å². The van der Waals surface area contributed by atoms with Crippen LogP contribution in [0.1, 0.15) is 69.8 Å². The first kappa shape index (κ1) is 21.6. The van der Waals surface area contributed by atoms with Gasteiger partial charge in [0.15, 0.2) is 5.69 Å². The van der Waals surface area contributed by atoms with E-state index < -0.39 is 0 Å². The molecule has 0 aliphatic carbocycles. The molecule has 0 aliphatic rings. The molecule has 1 heterocycles. The molecule has 1 amide bonds. The summed E-state index contributed by atoms with van der Waals surface area (Å²) in [7, 11) is 0. The number of rotatable bonds is 12. The Morgan fingerprint density at radius 2 is 1.75 bits per heavy atom. The highest BCUT2D eigenvalue weighted by atomic mass is 79.9. The molecule has 1 unspecified atom stereocenters. The van der Waals surface area contributed by atoms with Crippen LogP contribution < -0.4 is 5.32 Å². The lowest BCUT2D eigenvalue weighted by Gasteiger charge is -2.26. The van der Waals surface area contributed by atoms with Crippen molar-refractivity contribution in [3.05, 3.63) is 14.8 Å². The van der Waals surface area contributed by atoms with Gasteiger partial charge >= 0.3 is 0 Å². The zero-order valence-electron chi connectivity index (χ0n) is 15.0. The van der Waals surface area contributed by atoms with E-state index in [-0.39, 0.29) is 11.9 Å². The minimum absolute atomic E-state index is 0.0862. The molecule has 0 saturated carbocycles. The molecule has 0 spiro atoms. The van der Waals surface area contributed by atoms with Crippen molar-refractivity contribution in [3.8, 4) is 0 Å². The maximum atomic E-state index is 12.3. The molecule has 0 aromatic carbocycles. The van der Waals surface area contributed by atoms with Crippen LogP contribution in [-0.4, -0.2) is 46.7 Å². The molecule has 5 nitrogen and oxygen atoms in total. The van der Waals surface area contributed by atoms with E-state index in [1.165, 1.54) is 38.5 Å². The average Bonchev–Trinajstić information content (AvgIpc) is 2.87. The second-order valence-corrected chi connectivity index (χ2v) is 7.88. The molecule has 0 fully saturated rings. The second-order valence-electron chi connectivity index (χ2n) is 6.29. The Labute approximate surface area is 162 Å². The van der Waals surface area contributed by atoms with Gasteiger partial charge in [-0.2, -0.15) is 5.10 Å². The van der Waals surface area contributed by atoms with Gasteiger partial charge in [0.05, 0.1) is 4.47 Å². The third kappa shape index (κ3) is 7.66. The number of unbranched alkanes of at least 4 members (excludes halogenated alkanes) is 4. The summed E-state index contributed by atoms with van der Waals surface area (Å²) in [5.41, 5.74) is 0.386. The van der Waals surface area contributed by atoms with Crippen LogP contribution in [0.2, 0.25) is 0 Å². The molecule has 1 aromatic heterocycles. The Morgan fingerprint density at radius 3 is 2.21 bits per heavy atom. The summed E-state index contributed by atoms with van der Waals surface area (Å²) in [6, 6.07) is 0.0862. The van der Waals surface area contributed by atoms with Crippen LogP contribution in [0.25, 0.3) is 0 Å². The van der Waals surface area contributed by atoms with E-state index in [0.29, 0.717) is 14.8 Å². The molecule has 0 radical (unpaired) electrons. The second kappa shape index (κ2) is 12.0. The number of aromatic amines is 1. The van der Waals surface area contributed by atoms with Gasteiger partial charge in [-0.3, -0.25) is 9.89 Å². The molecule has 138 valence electrons. The lowest BCUT2D eigenvalue weighted by molar-refractivity contribution is 0.0922. The highest BCUT2D eigenvalue weighted by Crippen LogP contribution is 2.23. The molecule has 0 bridgehead atoms. The van der Waals surface area contributed by atoms with Crippen LogP contribution >= 0.6 is 31.9 Å². The molecule has 7 heteroatoms. The fourth-order valence-electron chi connectivity index (χ4n) is 2.65. The van der Waals surface area contributed by atoms with Gasteiger partial charge in [0.2, 0.25) is 0 Å². The summed E-state index contributed by atoms with van der Waals surface area (Å²) >= 11 is 6.67. The number of hydrogen-bond donors (Lipinski definition) is 2. The van der Waals surface area contributed by atoms with Gasteiger partial charge in [0.1, 0.15) is 4.60 Å². The standard InChI is InChI=1S/C17H30Br2N4O/c1-4-6-8-10-23(11-9-7-5-2)12-13(3)20-17(24)15-14(18)16(19)22-21-15/h13H,4-12H2,1-3H3,(H,20,24)(H,21,22). The zero-order valence-corrected chi connectivity index (χ0v) is 18.2. The normalized spacial score (nSPS) is 12.6. The van der Waals surface area contributed by atoms with E-state index in [0.717, 1.165) is 19.6 Å².